The third-order valence-electron chi connectivity index (χ3n) is 3.53. The van der Waals surface area contributed by atoms with E-state index in [1.165, 1.54) is 0 Å². The number of nitrogens with two attached hydrogens (primary N) is 1. The van der Waals surface area contributed by atoms with Gasteiger partial charge in [0.25, 0.3) is 0 Å². The van der Waals surface area contributed by atoms with Crippen molar-refractivity contribution in [2.45, 2.75) is 19.9 Å². The van der Waals surface area contributed by atoms with Crippen LogP contribution in [0.25, 0.3) is 0 Å². The predicted octanol–water partition coefficient (Wildman–Crippen LogP) is 4.17. The third-order valence-corrected chi connectivity index (χ3v) is 4.11. The fraction of sp³-hybridized carbons (Fsp3) is 0.250. The normalized spacial score (nSPS) is 12.3. The van der Waals surface area contributed by atoms with E-state index in [4.69, 9.17) is 33.8 Å². The molecule has 2 aromatic carbocycles. The number of hydrogen-bond donors (Lipinski definition) is 2. The topological polar surface area (TPSA) is 47.3 Å². The molecule has 0 aliphatic rings. The van der Waals surface area contributed by atoms with Crippen LogP contribution in [0.4, 0.5) is 0 Å². The SMILES string of the molecule is COc1cc(C)c(C(NN)c2cc(Cl)ccc2Cl)cc1C. The summed E-state index contributed by atoms with van der Waals surface area (Å²) in [7, 11) is 1.66. The summed E-state index contributed by atoms with van der Waals surface area (Å²) in [6.07, 6.45) is 0. The molecular weight excluding hydrogens is 307 g/mol. The molecule has 2 rings (SSSR count). The Bertz CT molecular complexity index is 659. The highest BCUT2D eigenvalue weighted by atomic mass is 35.5. The van der Waals surface area contributed by atoms with Crippen molar-refractivity contribution in [2.75, 3.05) is 7.11 Å². The smallest absolute Gasteiger partial charge is 0.122 e. The maximum absolute atomic E-state index is 6.29. The molecule has 3 nitrogen and oxygen atoms in total. The zero-order valence-electron chi connectivity index (χ0n) is 12.2. The Morgan fingerprint density at radius 3 is 2.38 bits per heavy atom. The molecule has 0 fully saturated rings. The van der Waals surface area contributed by atoms with Crippen molar-refractivity contribution < 1.29 is 4.74 Å². The molecule has 0 aromatic heterocycles. The van der Waals surface area contributed by atoms with Gasteiger partial charge in [0, 0.05) is 10.0 Å². The van der Waals surface area contributed by atoms with Gasteiger partial charge in [0.15, 0.2) is 0 Å². The minimum absolute atomic E-state index is 0.235. The van der Waals surface area contributed by atoms with Crippen molar-refractivity contribution in [3.8, 4) is 5.75 Å². The molecule has 0 aliphatic heterocycles. The lowest BCUT2D eigenvalue weighted by atomic mass is 9.93. The van der Waals surface area contributed by atoms with Crippen LogP contribution in [0.15, 0.2) is 30.3 Å². The Labute approximate surface area is 135 Å². The van der Waals surface area contributed by atoms with Gasteiger partial charge in [-0.3, -0.25) is 5.84 Å². The monoisotopic (exact) mass is 324 g/mol. The highest BCUT2D eigenvalue weighted by Gasteiger charge is 2.19. The highest BCUT2D eigenvalue weighted by molar-refractivity contribution is 6.33. The summed E-state index contributed by atoms with van der Waals surface area (Å²) in [6, 6.07) is 9.17. The molecule has 21 heavy (non-hydrogen) atoms. The fourth-order valence-electron chi connectivity index (χ4n) is 2.43. The van der Waals surface area contributed by atoms with Crippen molar-refractivity contribution in [2.24, 2.45) is 5.84 Å². The number of hydrogen-bond acceptors (Lipinski definition) is 3. The first-order valence-electron chi connectivity index (χ1n) is 6.54. The van der Waals surface area contributed by atoms with Gasteiger partial charge in [-0.05, 0) is 60.4 Å². The van der Waals surface area contributed by atoms with Gasteiger partial charge in [-0.25, -0.2) is 5.43 Å². The maximum atomic E-state index is 6.29. The van der Waals surface area contributed by atoms with Gasteiger partial charge in [0.1, 0.15) is 5.75 Å². The van der Waals surface area contributed by atoms with Crippen molar-refractivity contribution in [1.29, 1.82) is 0 Å². The number of methoxy groups -OCH3 is 1. The van der Waals surface area contributed by atoms with Crippen LogP contribution in [0.3, 0.4) is 0 Å². The first-order valence-corrected chi connectivity index (χ1v) is 7.29. The molecule has 112 valence electrons. The number of rotatable bonds is 4. The molecule has 0 saturated carbocycles. The minimum atomic E-state index is -0.235. The Hall–Kier alpha value is -1.26. The van der Waals surface area contributed by atoms with Crippen molar-refractivity contribution >= 4 is 23.2 Å². The molecule has 5 heteroatoms. The lowest BCUT2D eigenvalue weighted by Gasteiger charge is -2.22. The van der Waals surface area contributed by atoms with Crippen molar-refractivity contribution in [3.05, 3.63) is 62.6 Å². The molecule has 0 saturated heterocycles. The van der Waals surface area contributed by atoms with E-state index in [1.54, 1.807) is 19.2 Å². The molecule has 0 aliphatic carbocycles. The molecule has 2 aromatic rings. The average molecular weight is 325 g/mol. The zero-order chi connectivity index (χ0) is 15.6. The molecule has 0 bridgehead atoms. The van der Waals surface area contributed by atoms with Gasteiger partial charge in [-0.15, -0.1) is 0 Å². The van der Waals surface area contributed by atoms with Gasteiger partial charge in [0.05, 0.1) is 13.2 Å². The van der Waals surface area contributed by atoms with Crippen LogP contribution in [-0.2, 0) is 0 Å². The van der Waals surface area contributed by atoms with Crippen LogP contribution < -0.4 is 16.0 Å². The van der Waals surface area contributed by atoms with Gasteiger partial charge in [0.2, 0.25) is 0 Å². The number of nitrogens with one attached hydrogen (secondary N) is 1. The van der Waals surface area contributed by atoms with E-state index in [0.717, 1.165) is 28.0 Å². The van der Waals surface area contributed by atoms with Crippen molar-refractivity contribution in [3.63, 3.8) is 0 Å². The minimum Gasteiger partial charge on any atom is -0.496 e. The molecular formula is C16H18Cl2N2O. The lowest BCUT2D eigenvalue weighted by molar-refractivity contribution is 0.411. The number of hydrazine groups is 1. The summed E-state index contributed by atoms with van der Waals surface area (Å²) in [6.45, 7) is 4.01. The van der Waals surface area contributed by atoms with E-state index in [2.05, 4.69) is 11.5 Å². The summed E-state index contributed by atoms with van der Waals surface area (Å²) in [5.74, 6) is 6.61. The summed E-state index contributed by atoms with van der Waals surface area (Å²) in [5, 5.41) is 1.24. The third kappa shape index (κ3) is 3.33. The summed E-state index contributed by atoms with van der Waals surface area (Å²) >= 11 is 12.4. The van der Waals surface area contributed by atoms with Crippen LogP contribution in [0.5, 0.6) is 5.75 Å². The first kappa shape index (κ1) is 16.1. The second-order valence-electron chi connectivity index (χ2n) is 4.94. The fourth-order valence-corrected chi connectivity index (χ4v) is 2.83. The zero-order valence-corrected chi connectivity index (χ0v) is 13.7. The first-order chi connectivity index (χ1) is 9.97. The molecule has 0 radical (unpaired) electrons. The molecule has 0 heterocycles. The van der Waals surface area contributed by atoms with Gasteiger partial charge in [-0.2, -0.15) is 0 Å². The quantitative estimate of drug-likeness (QED) is 0.655. The van der Waals surface area contributed by atoms with Crippen LogP contribution in [0.1, 0.15) is 28.3 Å². The van der Waals surface area contributed by atoms with E-state index >= 15 is 0 Å². The van der Waals surface area contributed by atoms with E-state index in [-0.39, 0.29) is 6.04 Å². The predicted molar refractivity (Wildman–Crippen MR) is 88.1 cm³/mol. The lowest BCUT2D eigenvalue weighted by Crippen LogP contribution is -2.29. The van der Waals surface area contributed by atoms with E-state index < -0.39 is 0 Å². The Balaban J connectivity index is 2.56. The van der Waals surface area contributed by atoms with Crippen molar-refractivity contribution in [1.82, 2.24) is 5.43 Å². The Morgan fingerprint density at radius 2 is 1.76 bits per heavy atom. The van der Waals surface area contributed by atoms with E-state index in [9.17, 15) is 0 Å². The molecule has 1 unspecified atom stereocenters. The van der Waals surface area contributed by atoms with Crippen LogP contribution in [0.2, 0.25) is 10.0 Å². The molecule has 0 spiro atoms. The Morgan fingerprint density at radius 1 is 1.05 bits per heavy atom. The number of ether oxygens (including phenoxy) is 1. The van der Waals surface area contributed by atoms with E-state index in [0.29, 0.717) is 10.0 Å². The summed E-state index contributed by atoms with van der Waals surface area (Å²) < 4.78 is 5.34. The second kappa shape index (κ2) is 6.67. The summed E-state index contributed by atoms with van der Waals surface area (Å²) in [5.41, 5.74) is 6.82. The molecule has 0 amide bonds. The molecule has 3 N–H and O–H groups in total. The maximum Gasteiger partial charge on any atom is 0.122 e. The van der Waals surface area contributed by atoms with Crippen LogP contribution in [0, 0.1) is 13.8 Å². The van der Waals surface area contributed by atoms with Gasteiger partial charge in [-0.1, -0.05) is 29.3 Å². The highest BCUT2D eigenvalue weighted by Crippen LogP contribution is 2.34. The van der Waals surface area contributed by atoms with E-state index in [1.807, 2.05) is 26.0 Å². The van der Waals surface area contributed by atoms with Crippen LogP contribution in [-0.4, -0.2) is 7.11 Å². The Kier molecular flexibility index (Phi) is 5.12. The standard InChI is InChI=1S/C16H18Cl2N2O/c1-9-7-15(21-3)10(2)6-12(9)16(20-19)13-8-11(17)4-5-14(13)18/h4-8,16,20H,19H2,1-3H3. The number of aryl methyl sites for hydroxylation is 2. The largest absolute Gasteiger partial charge is 0.496 e. The average Bonchev–Trinajstić information content (AvgIpc) is 2.46. The van der Waals surface area contributed by atoms with Gasteiger partial charge < -0.3 is 4.74 Å². The molecule has 1 atom stereocenters. The second-order valence-corrected chi connectivity index (χ2v) is 5.79. The van der Waals surface area contributed by atoms with Gasteiger partial charge >= 0.3 is 0 Å². The summed E-state index contributed by atoms with van der Waals surface area (Å²) in [4.78, 5) is 0. The van der Waals surface area contributed by atoms with Crippen LogP contribution >= 0.6 is 23.2 Å². The number of halogens is 2. The number of benzene rings is 2.